The fourth-order valence-corrected chi connectivity index (χ4v) is 9.37. The molecule has 20 heteroatoms. The number of benzodiazepines with no additional fused rings is 1. The molecule has 0 bridgehead atoms. The number of aromatic amines is 1. The molecule has 3 aliphatic rings. The third-order valence-corrected chi connectivity index (χ3v) is 13.8. The molecule has 0 spiro atoms. The number of thiocarbonyl (C=S) groups is 1. The van der Waals surface area contributed by atoms with Crippen molar-refractivity contribution in [3.8, 4) is 17.2 Å². The largest absolute Gasteiger partial charge is 0.494 e. The molecule has 384 valence electrons. The number of H-pyrrole nitrogens is 1. The van der Waals surface area contributed by atoms with Gasteiger partial charge in [-0.15, -0.1) is 11.8 Å². The standard InChI is InChI=1S/C21H21ClFN3OS.C18H14ClFN4O.C16H12ClFN2OS/c1-12(26(2)3)19-21(28-5)24-17-11-18(27-4)16(23)10-14(17)20(25-19)13-8-6-7-9-15(13)22;1-9-16-18(24-23-9)21-14-8-15(25-2)13(20)7-11(14)17(22-16)10-5-3-4-6-12(10)19;1-21-14-7-13-10(6-12(14)18)16(19-8-15(22)20-13)9-4-2-3-5-11(9)17/h6-11H,1-5H3;3-8H,1-2H3,(H2,21,23,24);2-7H,8H2,1H3,(H,20,22). The topological polar surface area (TPSA) is 133 Å². The molecular weight excluding hydrogens is 1060 g/mol. The van der Waals surface area contributed by atoms with Gasteiger partial charge >= 0.3 is 0 Å². The molecule has 0 atom stereocenters. The summed E-state index contributed by atoms with van der Waals surface area (Å²) >= 11 is 25.8. The highest BCUT2D eigenvalue weighted by molar-refractivity contribution is 8.13. The van der Waals surface area contributed by atoms with E-state index in [0.29, 0.717) is 94.6 Å². The van der Waals surface area contributed by atoms with Gasteiger partial charge in [0.25, 0.3) is 0 Å². The maximum atomic E-state index is 14.6. The van der Waals surface area contributed by atoms with E-state index in [9.17, 15) is 13.2 Å². The normalized spacial score (nSPS) is 13.9. The van der Waals surface area contributed by atoms with E-state index in [1.54, 1.807) is 36.4 Å². The van der Waals surface area contributed by atoms with Gasteiger partial charge in [-0.2, -0.15) is 5.10 Å². The molecule has 0 amide bonds. The quantitative estimate of drug-likeness (QED) is 0.133. The van der Waals surface area contributed by atoms with Gasteiger partial charge in [-0.05, 0) is 56.5 Å². The van der Waals surface area contributed by atoms with Gasteiger partial charge in [0.1, 0.15) is 21.4 Å². The van der Waals surface area contributed by atoms with Crippen LogP contribution < -0.4 is 24.8 Å². The first-order valence-electron chi connectivity index (χ1n) is 22.8. The SMILES string of the molecule is COc1cc2c(cc1F)C(c1ccccc1Cl)=NC(=C(C)N(C)C)C(SC)=N2.COc1cc2c(cc1F)C(c1ccccc1Cl)=NCC(=S)N2.COc1cc2c(cc1F)C(c1ccccc1Cl)=Nc1c(n[nH]c1C)N2. The van der Waals surface area contributed by atoms with Crippen LogP contribution in [0.4, 0.5) is 41.7 Å². The summed E-state index contributed by atoms with van der Waals surface area (Å²) < 4.78 is 58.4. The number of hydrogen-bond acceptors (Lipinski definition) is 12. The minimum absolute atomic E-state index is 0.137. The summed E-state index contributed by atoms with van der Waals surface area (Å²) in [5.41, 5.74) is 10.7. The molecule has 0 saturated heterocycles. The summed E-state index contributed by atoms with van der Waals surface area (Å²) in [6.45, 7) is 4.17. The predicted octanol–water partition coefficient (Wildman–Crippen LogP) is 14.3. The minimum atomic E-state index is -0.473. The number of thioether (sulfide) groups is 1. The maximum absolute atomic E-state index is 14.6. The van der Waals surface area contributed by atoms with Gasteiger partial charge < -0.3 is 29.7 Å². The van der Waals surface area contributed by atoms with Crippen molar-refractivity contribution < 1.29 is 27.4 Å². The average molecular weight is 1110 g/mol. The molecule has 4 heterocycles. The van der Waals surface area contributed by atoms with E-state index < -0.39 is 17.5 Å². The Kier molecular flexibility index (Phi) is 17.0. The monoisotopic (exact) mass is 1110 g/mol. The van der Waals surface area contributed by atoms with Gasteiger partial charge in [-0.1, -0.05) is 102 Å². The van der Waals surface area contributed by atoms with E-state index in [-0.39, 0.29) is 17.2 Å². The molecule has 1 aromatic heterocycles. The number of nitrogens with zero attached hydrogens (tertiary/aromatic N) is 6. The van der Waals surface area contributed by atoms with Crippen molar-refractivity contribution in [1.82, 2.24) is 15.1 Å². The maximum Gasteiger partial charge on any atom is 0.178 e. The van der Waals surface area contributed by atoms with Crippen LogP contribution in [-0.2, 0) is 0 Å². The molecule has 7 aromatic rings. The van der Waals surface area contributed by atoms with Crippen LogP contribution in [0.15, 0.2) is 141 Å². The number of aliphatic imine (C=N–C) groups is 4. The van der Waals surface area contributed by atoms with E-state index in [4.69, 9.17) is 76.2 Å². The number of hydrogen-bond donors (Lipinski definition) is 3. The first-order chi connectivity index (χ1) is 36.0. The molecule has 0 fully saturated rings. The number of ether oxygens (including phenoxy) is 3. The third-order valence-electron chi connectivity index (χ3n) is 11.9. The summed E-state index contributed by atoms with van der Waals surface area (Å²) in [6, 6.07) is 31.0. The van der Waals surface area contributed by atoms with Crippen LogP contribution in [-0.4, -0.2) is 90.5 Å². The van der Waals surface area contributed by atoms with Crippen LogP contribution in [0.2, 0.25) is 15.1 Å². The van der Waals surface area contributed by atoms with E-state index in [1.165, 1.54) is 51.3 Å². The Bertz CT molecular complexity index is 3550. The molecule has 6 aromatic carbocycles. The fraction of sp³-hybridized carbons (Fsp3) is 0.164. The lowest BCUT2D eigenvalue weighted by molar-refractivity contribution is 0.386. The molecule has 12 nitrogen and oxygen atoms in total. The molecule has 3 aliphatic heterocycles. The van der Waals surface area contributed by atoms with Gasteiger partial charge in [0, 0.05) is 86.4 Å². The summed E-state index contributed by atoms with van der Waals surface area (Å²) in [6.07, 6.45) is 1.94. The first kappa shape index (κ1) is 54.1. The number of fused-ring (bicyclic) bond motifs is 4. The van der Waals surface area contributed by atoms with Crippen molar-refractivity contribution in [2.24, 2.45) is 20.0 Å². The van der Waals surface area contributed by atoms with Crippen molar-refractivity contribution in [3.05, 3.63) is 192 Å². The van der Waals surface area contributed by atoms with Crippen molar-refractivity contribution >= 4 is 115 Å². The molecule has 0 aliphatic carbocycles. The smallest absolute Gasteiger partial charge is 0.178 e. The highest BCUT2D eigenvalue weighted by Gasteiger charge is 2.27. The zero-order valence-electron chi connectivity index (χ0n) is 41.6. The molecular formula is C55H47Cl3F3N9O3S2. The Morgan fingerprint density at radius 3 is 1.60 bits per heavy atom. The summed E-state index contributed by atoms with van der Waals surface area (Å²) in [4.78, 5) is 21.5. The van der Waals surface area contributed by atoms with Crippen molar-refractivity contribution in [2.75, 3.05) is 58.9 Å². The molecule has 75 heavy (non-hydrogen) atoms. The van der Waals surface area contributed by atoms with E-state index in [0.717, 1.165) is 33.3 Å². The van der Waals surface area contributed by atoms with Crippen LogP contribution in [0.3, 0.4) is 0 Å². The third kappa shape index (κ3) is 11.6. The highest BCUT2D eigenvalue weighted by Crippen LogP contribution is 2.41. The fourth-order valence-electron chi connectivity index (χ4n) is 7.94. The van der Waals surface area contributed by atoms with Gasteiger partial charge in [-0.25, -0.2) is 28.1 Å². The van der Waals surface area contributed by atoms with Crippen molar-refractivity contribution in [2.45, 2.75) is 13.8 Å². The zero-order valence-corrected chi connectivity index (χ0v) is 45.5. The lowest BCUT2D eigenvalue weighted by atomic mass is 10.00. The Morgan fingerprint density at radius 1 is 0.627 bits per heavy atom. The molecule has 10 rings (SSSR count). The van der Waals surface area contributed by atoms with Gasteiger partial charge in [-0.3, -0.25) is 10.1 Å². The second-order valence-corrected chi connectivity index (χ2v) is 19.3. The second-order valence-electron chi connectivity index (χ2n) is 16.8. The lowest BCUT2D eigenvalue weighted by Gasteiger charge is -2.17. The summed E-state index contributed by atoms with van der Waals surface area (Å²) in [7, 11) is 8.18. The highest BCUT2D eigenvalue weighted by atomic mass is 35.5. The van der Waals surface area contributed by atoms with E-state index in [2.05, 4.69) is 25.8 Å². The summed E-state index contributed by atoms with van der Waals surface area (Å²) in [5, 5.41) is 15.8. The number of halogens is 6. The number of rotatable bonds is 7. The number of aromatic nitrogens is 2. The van der Waals surface area contributed by atoms with E-state index >= 15 is 0 Å². The zero-order chi connectivity index (χ0) is 53.7. The lowest BCUT2D eigenvalue weighted by Crippen LogP contribution is -2.14. The molecule has 3 N–H and O–H groups in total. The minimum Gasteiger partial charge on any atom is -0.494 e. The number of methoxy groups -OCH3 is 3. The number of aryl methyl sites for hydroxylation is 1. The second kappa shape index (κ2) is 23.6. The molecule has 0 radical (unpaired) electrons. The van der Waals surface area contributed by atoms with Crippen LogP contribution in [0.25, 0.3) is 0 Å². The Balaban J connectivity index is 0.000000150. The number of nitrogens with one attached hydrogen (secondary N) is 3. The number of benzene rings is 6. The Labute approximate surface area is 456 Å². The molecule has 0 saturated carbocycles. The first-order valence-corrected chi connectivity index (χ1v) is 25.6. The molecule has 0 unspecified atom stereocenters. The van der Waals surface area contributed by atoms with Crippen molar-refractivity contribution in [1.29, 1.82) is 0 Å². The van der Waals surface area contributed by atoms with Gasteiger partial charge in [0.05, 0.1) is 67.8 Å². The van der Waals surface area contributed by atoms with Crippen LogP contribution in [0, 0.1) is 24.4 Å². The number of anilines is 3. The van der Waals surface area contributed by atoms with Crippen LogP contribution >= 0.6 is 58.8 Å². The van der Waals surface area contributed by atoms with Crippen molar-refractivity contribution in [3.63, 3.8) is 0 Å². The Hall–Kier alpha value is -7.15. The predicted molar refractivity (Wildman–Crippen MR) is 304 cm³/mol. The number of allylic oxidation sites excluding steroid dienone is 1. The van der Waals surface area contributed by atoms with E-state index in [1.807, 2.05) is 93.7 Å². The Morgan fingerprint density at radius 2 is 1.09 bits per heavy atom. The van der Waals surface area contributed by atoms with Gasteiger partial charge in [0.2, 0.25) is 0 Å². The average Bonchev–Trinajstić information content (AvgIpc) is 3.50. The van der Waals surface area contributed by atoms with Crippen LogP contribution in [0.1, 0.15) is 46.0 Å². The summed E-state index contributed by atoms with van der Waals surface area (Å²) in [5.74, 6) is -0.419. The van der Waals surface area contributed by atoms with Crippen LogP contribution in [0.5, 0.6) is 17.2 Å². The van der Waals surface area contributed by atoms with Gasteiger partial charge in [0.15, 0.2) is 40.5 Å².